The van der Waals surface area contributed by atoms with Crippen molar-refractivity contribution in [3.63, 3.8) is 0 Å². The van der Waals surface area contributed by atoms with Crippen LogP contribution in [0, 0.1) is 11.6 Å². The maximum absolute atomic E-state index is 13.8. The van der Waals surface area contributed by atoms with E-state index in [1.165, 1.54) is 11.3 Å². The molecule has 2 rings (SSSR count). The molecule has 128 valence electrons. The van der Waals surface area contributed by atoms with Crippen LogP contribution in [0.5, 0.6) is 0 Å². The van der Waals surface area contributed by atoms with Crippen molar-refractivity contribution in [3.8, 4) is 0 Å². The number of benzene rings is 1. The number of rotatable bonds is 4. The molecule has 0 fully saturated rings. The highest BCUT2D eigenvalue weighted by Gasteiger charge is 2.19. The number of methoxy groups -OCH3 is 1. The number of carbonyl (C=O) groups is 2. The molecule has 0 aliphatic heterocycles. The first-order chi connectivity index (χ1) is 11.3. The third-order valence-electron chi connectivity index (χ3n) is 3.08. The molecule has 0 radical (unpaired) electrons. The largest absolute Gasteiger partial charge is 0.465 e. The van der Waals surface area contributed by atoms with Gasteiger partial charge in [0, 0.05) is 10.9 Å². The first kappa shape index (κ1) is 18.2. The van der Waals surface area contributed by atoms with Gasteiger partial charge in [0.25, 0.3) is 0 Å². The minimum Gasteiger partial charge on any atom is -0.465 e. The van der Waals surface area contributed by atoms with Crippen LogP contribution in [-0.4, -0.2) is 19.1 Å². The topological polar surface area (TPSA) is 67.4 Å². The number of ether oxygens (including phenoxy) is 1. The van der Waals surface area contributed by atoms with Crippen molar-refractivity contribution < 1.29 is 23.1 Å². The van der Waals surface area contributed by atoms with Gasteiger partial charge in [0.1, 0.15) is 11.6 Å². The molecular formula is C15H13ClF2N2O3S. The quantitative estimate of drug-likeness (QED) is 0.782. The van der Waals surface area contributed by atoms with Crippen LogP contribution in [0.3, 0.4) is 0 Å². The monoisotopic (exact) mass is 374 g/mol. The number of halogens is 3. The lowest BCUT2D eigenvalue weighted by Gasteiger charge is -2.14. The molecule has 5 nitrogen and oxygen atoms in total. The number of hydrogen-bond donors (Lipinski definition) is 2. The van der Waals surface area contributed by atoms with Gasteiger partial charge in [-0.05, 0) is 25.1 Å². The molecule has 9 heteroatoms. The Morgan fingerprint density at radius 3 is 2.54 bits per heavy atom. The van der Waals surface area contributed by atoms with Crippen LogP contribution in [0.25, 0.3) is 0 Å². The average Bonchev–Trinajstić information content (AvgIpc) is 2.96. The molecule has 0 aliphatic carbocycles. The third kappa shape index (κ3) is 4.21. The second-order valence-corrected chi connectivity index (χ2v) is 6.51. The van der Waals surface area contributed by atoms with Crippen LogP contribution in [-0.2, 0) is 4.74 Å². The number of amides is 2. The van der Waals surface area contributed by atoms with Crippen LogP contribution >= 0.6 is 22.9 Å². The Morgan fingerprint density at radius 2 is 1.96 bits per heavy atom. The predicted octanol–water partition coefficient (Wildman–Crippen LogP) is 4.35. The van der Waals surface area contributed by atoms with Crippen LogP contribution < -0.4 is 10.6 Å². The fraction of sp³-hybridized carbons (Fsp3) is 0.200. The fourth-order valence-corrected chi connectivity index (χ4v) is 2.96. The lowest BCUT2D eigenvalue weighted by Crippen LogP contribution is -2.31. The molecule has 1 atom stereocenters. The number of thiophene rings is 1. The standard InChI is InChI=1S/C15H13ClF2N2O3S/c1-7(12-3-4-13(16)24-12)19-15(22)20-11-5-8(14(21)23-2)9(17)6-10(11)18/h3-7H,1-2H3,(H2,19,20,22). The van der Waals surface area contributed by atoms with E-state index >= 15 is 0 Å². The van der Waals surface area contributed by atoms with Gasteiger partial charge in [0.05, 0.1) is 28.7 Å². The van der Waals surface area contributed by atoms with Gasteiger partial charge in [-0.1, -0.05) is 11.6 Å². The van der Waals surface area contributed by atoms with E-state index in [4.69, 9.17) is 11.6 Å². The van der Waals surface area contributed by atoms with Crippen molar-refractivity contribution in [2.45, 2.75) is 13.0 Å². The molecule has 0 spiro atoms. The van der Waals surface area contributed by atoms with E-state index in [9.17, 15) is 18.4 Å². The van der Waals surface area contributed by atoms with E-state index < -0.39 is 29.2 Å². The summed E-state index contributed by atoms with van der Waals surface area (Å²) in [6, 6.07) is 3.75. The van der Waals surface area contributed by atoms with E-state index in [-0.39, 0.29) is 11.7 Å². The smallest absolute Gasteiger partial charge is 0.340 e. The van der Waals surface area contributed by atoms with Crippen LogP contribution in [0.4, 0.5) is 19.3 Å². The predicted molar refractivity (Wildman–Crippen MR) is 87.6 cm³/mol. The summed E-state index contributed by atoms with van der Waals surface area (Å²) in [5.74, 6) is -3.06. The van der Waals surface area contributed by atoms with Gasteiger partial charge in [-0.15, -0.1) is 11.3 Å². The van der Waals surface area contributed by atoms with Crippen LogP contribution in [0.1, 0.15) is 28.2 Å². The highest BCUT2D eigenvalue weighted by Crippen LogP contribution is 2.27. The Labute approximate surface area is 145 Å². The molecular weight excluding hydrogens is 362 g/mol. The Balaban J connectivity index is 2.12. The molecule has 0 saturated heterocycles. The van der Waals surface area contributed by atoms with Crippen molar-refractivity contribution in [3.05, 3.63) is 50.7 Å². The number of anilines is 1. The molecule has 2 aromatic rings. The number of esters is 1. The molecule has 1 aromatic carbocycles. The zero-order chi connectivity index (χ0) is 17.9. The van der Waals surface area contributed by atoms with Gasteiger partial charge in [-0.3, -0.25) is 0 Å². The molecule has 1 unspecified atom stereocenters. The average molecular weight is 375 g/mol. The van der Waals surface area contributed by atoms with Gasteiger partial charge in [-0.25, -0.2) is 18.4 Å². The third-order valence-corrected chi connectivity index (χ3v) is 4.49. The second kappa shape index (κ2) is 7.59. The van der Waals surface area contributed by atoms with Gasteiger partial charge in [0.15, 0.2) is 0 Å². The molecule has 1 heterocycles. The maximum Gasteiger partial charge on any atom is 0.340 e. The van der Waals surface area contributed by atoms with Crippen molar-refractivity contribution in [1.82, 2.24) is 5.32 Å². The van der Waals surface area contributed by atoms with E-state index in [2.05, 4.69) is 15.4 Å². The molecule has 1 aromatic heterocycles. The van der Waals surface area contributed by atoms with Crippen molar-refractivity contribution in [2.75, 3.05) is 12.4 Å². The number of hydrogen-bond acceptors (Lipinski definition) is 4. The summed E-state index contributed by atoms with van der Waals surface area (Å²) >= 11 is 7.13. The molecule has 0 bridgehead atoms. The van der Waals surface area contributed by atoms with Crippen molar-refractivity contribution >= 4 is 40.6 Å². The molecule has 0 aliphatic rings. The zero-order valence-corrected chi connectivity index (χ0v) is 14.2. The molecule has 24 heavy (non-hydrogen) atoms. The first-order valence-electron chi connectivity index (χ1n) is 6.72. The first-order valence-corrected chi connectivity index (χ1v) is 7.91. The van der Waals surface area contributed by atoms with E-state index in [0.29, 0.717) is 10.4 Å². The fourth-order valence-electron chi connectivity index (χ4n) is 1.90. The summed E-state index contributed by atoms with van der Waals surface area (Å²) in [6.07, 6.45) is 0. The van der Waals surface area contributed by atoms with E-state index in [1.807, 2.05) is 0 Å². The van der Waals surface area contributed by atoms with Crippen molar-refractivity contribution in [2.24, 2.45) is 0 Å². The minimum absolute atomic E-state index is 0.342. The lowest BCUT2D eigenvalue weighted by atomic mass is 10.2. The van der Waals surface area contributed by atoms with Gasteiger partial charge in [-0.2, -0.15) is 0 Å². The molecule has 0 saturated carbocycles. The minimum atomic E-state index is -1.08. The lowest BCUT2D eigenvalue weighted by molar-refractivity contribution is 0.0595. The molecule has 2 amide bonds. The number of carbonyl (C=O) groups excluding carboxylic acids is 2. The summed E-state index contributed by atoms with van der Waals surface area (Å²) in [5, 5.41) is 4.82. The van der Waals surface area contributed by atoms with E-state index in [0.717, 1.165) is 18.1 Å². The Kier molecular flexibility index (Phi) is 5.74. The van der Waals surface area contributed by atoms with Crippen LogP contribution in [0.15, 0.2) is 24.3 Å². The van der Waals surface area contributed by atoms with E-state index in [1.54, 1.807) is 19.1 Å². The normalized spacial score (nSPS) is 11.7. The molecule has 2 N–H and O–H groups in total. The number of urea groups is 1. The maximum atomic E-state index is 13.8. The zero-order valence-electron chi connectivity index (χ0n) is 12.7. The Morgan fingerprint density at radius 1 is 1.25 bits per heavy atom. The highest BCUT2D eigenvalue weighted by atomic mass is 35.5. The Bertz CT molecular complexity index is 782. The summed E-state index contributed by atoms with van der Waals surface area (Å²) in [6.45, 7) is 1.72. The second-order valence-electron chi connectivity index (χ2n) is 4.77. The van der Waals surface area contributed by atoms with Gasteiger partial charge >= 0.3 is 12.0 Å². The summed E-state index contributed by atoms with van der Waals surface area (Å²) in [5.41, 5.74) is -0.821. The van der Waals surface area contributed by atoms with Crippen molar-refractivity contribution in [1.29, 1.82) is 0 Å². The highest BCUT2D eigenvalue weighted by molar-refractivity contribution is 7.16. The van der Waals surface area contributed by atoms with Gasteiger partial charge < -0.3 is 15.4 Å². The number of nitrogens with one attached hydrogen (secondary N) is 2. The Hall–Kier alpha value is -2.19. The summed E-state index contributed by atoms with van der Waals surface area (Å²) in [7, 11) is 1.07. The SMILES string of the molecule is COC(=O)c1cc(NC(=O)NC(C)c2ccc(Cl)s2)c(F)cc1F. The summed E-state index contributed by atoms with van der Waals surface area (Å²) < 4.78 is 32.3. The van der Waals surface area contributed by atoms with Crippen LogP contribution in [0.2, 0.25) is 4.34 Å². The van der Waals surface area contributed by atoms with Gasteiger partial charge in [0.2, 0.25) is 0 Å². The summed E-state index contributed by atoms with van der Waals surface area (Å²) in [4.78, 5) is 24.2.